The number of hydrogen-bond donors (Lipinski definition) is 1. The van der Waals surface area contributed by atoms with E-state index >= 15 is 0 Å². The van der Waals surface area contributed by atoms with Crippen molar-refractivity contribution in [3.05, 3.63) is 64.7 Å². The molecule has 0 spiro atoms. The Bertz CT molecular complexity index is 861. The minimum atomic E-state index is -3.86. The molecule has 6 nitrogen and oxygen atoms in total. The number of ether oxygens (including phenoxy) is 1. The fraction of sp³-hybridized carbons (Fsp3) is 0.278. The minimum Gasteiger partial charge on any atom is -0.465 e. The standard InChI is InChI=1S/C18H21ClN2O4S.ClH/c1-25-18(22)15-11-16(19)13-17(12-15)26(23,24)21(10-8-20)9-7-14-5-3-2-4-6-14;/h2-6,11-13H,7-10,20H2,1H3;1H. The number of rotatable bonds is 8. The monoisotopic (exact) mass is 432 g/mol. The number of methoxy groups -OCH3 is 1. The lowest BCUT2D eigenvalue weighted by Gasteiger charge is -2.22. The Labute approximate surface area is 170 Å². The second-order valence-electron chi connectivity index (χ2n) is 5.60. The summed E-state index contributed by atoms with van der Waals surface area (Å²) in [5, 5.41) is 0.141. The van der Waals surface area contributed by atoms with E-state index in [1.54, 1.807) is 0 Å². The van der Waals surface area contributed by atoms with Gasteiger partial charge in [-0.1, -0.05) is 41.9 Å². The minimum absolute atomic E-state index is 0. The predicted octanol–water partition coefficient (Wildman–Crippen LogP) is 2.74. The van der Waals surface area contributed by atoms with Gasteiger partial charge in [0, 0.05) is 24.7 Å². The van der Waals surface area contributed by atoms with Crippen molar-refractivity contribution in [3.63, 3.8) is 0 Å². The Hall–Kier alpha value is -1.64. The van der Waals surface area contributed by atoms with Crippen molar-refractivity contribution in [2.45, 2.75) is 11.3 Å². The molecule has 148 valence electrons. The van der Waals surface area contributed by atoms with Crippen molar-refractivity contribution < 1.29 is 17.9 Å². The van der Waals surface area contributed by atoms with E-state index < -0.39 is 16.0 Å². The molecule has 0 radical (unpaired) electrons. The Morgan fingerprint density at radius 3 is 2.41 bits per heavy atom. The molecule has 0 saturated carbocycles. The van der Waals surface area contributed by atoms with Gasteiger partial charge >= 0.3 is 5.97 Å². The van der Waals surface area contributed by atoms with Crippen molar-refractivity contribution >= 4 is 40.0 Å². The quantitative estimate of drug-likeness (QED) is 0.647. The summed E-state index contributed by atoms with van der Waals surface area (Å²) in [6, 6.07) is 13.5. The summed E-state index contributed by atoms with van der Waals surface area (Å²) in [6.45, 7) is 0.608. The SMILES string of the molecule is COC(=O)c1cc(Cl)cc(S(=O)(=O)N(CCN)CCc2ccccc2)c1.Cl. The van der Waals surface area contributed by atoms with Gasteiger partial charge in [0.15, 0.2) is 0 Å². The van der Waals surface area contributed by atoms with Crippen LogP contribution < -0.4 is 5.73 Å². The second-order valence-corrected chi connectivity index (χ2v) is 7.97. The van der Waals surface area contributed by atoms with Gasteiger partial charge in [0.1, 0.15) is 0 Å². The van der Waals surface area contributed by atoms with Gasteiger partial charge in [-0.25, -0.2) is 13.2 Å². The number of hydrogen-bond acceptors (Lipinski definition) is 5. The molecule has 0 atom stereocenters. The first-order chi connectivity index (χ1) is 12.4. The molecule has 2 N–H and O–H groups in total. The molecule has 9 heteroatoms. The van der Waals surface area contributed by atoms with E-state index in [2.05, 4.69) is 4.74 Å². The van der Waals surface area contributed by atoms with Crippen LogP contribution in [0.1, 0.15) is 15.9 Å². The fourth-order valence-corrected chi connectivity index (χ4v) is 4.32. The second kappa shape index (κ2) is 10.6. The molecule has 27 heavy (non-hydrogen) atoms. The van der Waals surface area contributed by atoms with Crippen LogP contribution in [0.15, 0.2) is 53.4 Å². The molecule has 0 aliphatic rings. The van der Waals surface area contributed by atoms with E-state index in [1.165, 1.54) is 29.6 Å². The summed E-state index contributed by atoms with van der Waals surface area (Å²) in [4.78, 5) is 11.7. The lowest BCUT2D eigenvalue weighted by molar-refractivity contribution is 0.0600. The Balaban J connectivity index is 0.00000364. The summed E-state index contributed by atoms with van der Waals surface area (Å²) >= 11 is 6.00. The highest BCUT2D eigenvalue weighted by atomic mass is 35.5. The van der Waals surface area contributed by atoms with Gasteiger partial charge in [0.05, 0.1) is 17.6 Å². The number of nitrogens with two attached hydrogens (primary N) is 1. The molecule has 0 unspecified atom stereocenters. The van der Waals surface area contributed by atoms with Crippen LogP contribution in [0.2, 0.25) is 5.02 Å². The zero-order valence-electron chi connectivity index (χ0n) is 14.8. The van der Waals surface area contributed by atoms with Crippen molar-refractivity contribution in [2.24, 2.45) is 5.73 Å². The van der Waals surface area contributed by atoms with E-state index in [4.69, 9.17) is 17.3 Å². The fourth-order valence-electron chi connectivity index (χ4n) is 2.49. The number of halogens is 2. The van der Waals surface area contributed by atoms with Crippen molar-refractivity contribution in [1.29, 1.82) is 0 Å². The van der Waals surface area contributed by atoms with E-state index in [-0.39, 0.29) is 47.5 Å². The molecule has 2 aromatic carbocycles. The molecule has 2 aromatic rings. The molecule has 0 aliphatic heterocycles. The lowest BCUT2D eigenvalue weighted by atomic mass is 10.1. The first-order valence-corrected chi connectivity index (χ1v) is 9.83. The Morgan fingerprint density at radius 2 is 1.81 bits per heavy atom. The average Bonchev–Trinajstić information content (AvgIpc) is 2.64. The smallest absolute Gasteiger partial charge is 0.337 e. The summed E-state index contributed by atoms with van der Waals surface area (Å²) in [5.74, 6) is -0.654. The van der Waals surface area contributed by atoms with Crippen LogP contribution in [0.25, 0.3) is 0 Å². The van der Waals surface area contributed by atoms with Gasteiger partial charge in [-0.15, -0.1) is 12.4 Å². The van der Waals surface area contributed by atoms with E-state index in [1.807, 2.05) is 30.3 Å². The molecule has 0 fully saturated rings. The number of benzene rings is 2. The van der Waals surface area contributed by atoms with Gasteiger partial charge < -0.3 is 10.5 Å². The highest BCUT2D eigenvalue weighted by molar-refractivity contribution is 7.89. The third kappa shape index (κ3) is 6.19. The van der Waals surface area contributed by atoms with Crippen LogP contribution in [0.3, 0.4) is 0 Å². The van der Waals surface area contributed by atoms with E-state index in [0.29, 0.717) is 6.42 Å². The highest BCUT2D eigenvalue weighted by Crippen LogP contribution is 2.23. The van der Waals surface area contributed by atoms with E-state index in [9.17, 15) is 13.2 Å². The van der Waals surface area contributed by atoms with Crippen molar-refractivity contribution in [1.82, 2.24) is 4.31 Å². The summed E-state index contributed by atoms with van der Waals surface area (Å²) in [7, 11) is -2.64. The highest BCUT2D eigenvalue weighted by Gasteiger charge is 2.25. The van der Waals surface area contributed by atoms with Crippen molar-refractivity contribution in [3.8, 4) is 0 Å². The Kier molecular flexibility index (Phi) is 9.21. The number of nitrogens with zero attached hydrogens (tertiary/aromatic N) is 1. The maximum Gasteiger partial charge on any atom is 0.337 e. The van der Waals surface area contributed by atoms with Gasteiger partial charge in [0.25, 0.3) is 0 Å². The van der Waals surface area contributed by atoms with Crippen LogP contribution in [0, 0.1) is 0 Å². The number of carbonyl (C=O) groups excluding carboxylic acids is 1. The predicted molar refractivity (Wildman–Crippen MR) is 108 cm³/mol. The maximum absolute atomic E-state index is 13.0. The van der Waals surface area contributed by atoms with Crippen LogP contribution in [0.5, 0.6) is 0 Å². The third-order valence-electron chi connectivity index (χ3n) is 3.80. The first-order valence-electron chi connectivity index (χ1n) is 8.01. The van der Waals surface area contributed by atoms with Crippen LogP contribution in [0.4, 0.5) is 0 Å². The van der Waals surface area contributed by atoms with Crippen LogP contribution >= 0.6 is 24.0 Å². The average molecular weight is 433 g/mol. The molecule has 0 heterocycles. The van der Waals surface area contributed by atoms with E-state index in [0.717, 1.165) is 5.56 Å². The normalized spacial score (nSPS) is 11.1. The van der Waals surface area contributed by atoms with Gasteiger partial charge in [-0.05, 0) is 30.2 Å². The zero-order chi connectivity index (χ0) is 19.2. The largest absolute Gasteiger partial charge is 0.465 e. The molecule has 0 aliphatic carbocycles. The molecule has 0 aromatic heterocycles. The number of sulfonamides is 1. The van der Waals surface area contributed by atoms with Crippen molar-refractivity contribution in [2.75, 3.05) is 26.7 Å². The molecule has 0 amide bonds. The van der Waals surface area contributed by atoms with Crippen LogP contribution in [-0.4, -0.2) is 45.4 Å². The summed E-state index contributed by atoms with van der Waals surface area (Å²) in [5.41, 5.74) is 6.69. The number of esters is 1. The first kappa shape index (κ1) is 23.4. The summed E-state index contributed by atoms with van der Waals surface area (Å²) < 4.78 is 32.0. The van der Waals surface area contributed by atoms with Gasteiger partial charge in [-0.3, -0.25) is 0 Å². The Morgan fingerprint density at radius 1 is 1.15 bits per heavy atom. The molecule has 2 rings (SSSR count). The molecule has 0 saturated heterocycles. The summed E-state index contributed by atoms with van der Waals surface area (Å²) in [6.07, 6.45) is 0.546. The lowest BCUT2D eigenvalue weighted by Crippen LogP contribution is -2.37. The maximum atomic E-state index is 13.0. The molecular weight excluding hydrogens is 411 g/mol. The van der Waals surface area contributed by atoms with Gasteiger partial charge in [0.2, 0.25) is 10.0 Å². The van der Waals surface area contributed by atoms with Crippen LogP contribution in [-0.2, 0) is 21.2 Å². The number of carbonyl (C=O) groups is 1. The topological polar surface area (TPSA) is 89.7 Å². The third-order valence-corrected chi connectivity index (χ3v) is 5.90. The zero-order valence-corrected chi connectivity index (χ0v) is 17.2. The van der Waals surface area contributed by atoms with Gasteiger partial charge in [-0.2, -0.15) is 4.31 Å². The molecular formula is C18H22Cl2N2O4S. The molecule has 0 bridgehead atoms.